The van der Waals surface area contributed by atoms with Crippen LogP contribution in [-0.2, 0) is 4.79 Å². The van der Waals surface area contributed by atoms with E-state index in [4.69, 9.17) is 55.9 Å². The van der Waals surface area contributed by atoms with Crippen LogP contribution < -0.4 is 14.9 Å². The van der Waals surface area contributed by atoms with Gasteiger partial charge < -0.3 is 14.6 Å². The molecule has 1 amide bonds. The van der Waals surface area contributed by atoms with Crippen LogP contribution in [0.25, 0.3) is 0 Å². The highest BCUT2D eigenvalue weighted by atomic mass is 35.5. The topological polar surface area (TPSA) is 80.2 Å². The van der Waals surface area contributed by atoms with Gasteiger partial charge in [-0.1, -0.05) is 46.4 Å². The van der Waals surface area contributed by atoms with Crippen molar-refractivity contribution >= 4 is 58.5 Å². The van der Waals surface area contributed by atoms with E-state index in [0.717, 1.165) is 6.21 Å². The molecule has 0 saturated heterocycles. The minimum atomic E-state index is -0.556. The molecule has 0 aromatic heterocycles. The molecule has 0 aliphatic heterocycles. The summed E-state index contributed by atoms with van der Waals surface area (Å²) in [7, 11) is 0. The van der Waals surface area contributed by atoms with Crippen LogP contribution in [0.1, 0.15) is 12.5 Å². The number of nitrogens with one attached hydrogen (secondary N) is 1. The fraction of sp³-hybridized carbons (Fsp3) is 0.176. The number of nitrogens with zero attached hydrogens (tertiary/aromatic N) is 1. The first-order chi connectivity index (χ1) is 12.8. The van der Waals surface area contributed by atoms with Crippen molar-refractivity contribution in [2.45, 2.75) is 6.92 Å². The lowest BCUT2D eigenvalue weighted by Crippen LogP contribution is -2.24. The molecule has 0 atom stereocenters. The van der Waals surface area contributed by atoms with Crippen molar-refractivity contribution in [3.63, 3.8) is 0 Å². The molecular weight excluding hydrogens is 438 g/mol. The molecule has 0 fully saturated rings. The average Bonchev–Trinajstić information content (AvgIpc) is 2.62. The van der Waals surface area contributed by atoms with Gasteiger partial charge in [-0.05, 0) is 25.1 Å². The molecule has 6 nitrogen and oxygen atoms in total. The van der Waals surface area contributed by atoms with Gasteiger partial charge in [-0.2, -0.15) is 5.10 Å². The average molecular weight is 452 g/mol. The molecule has 0 aliphatic carbocycles. The number of hydrogen-bond donors (Lipinski definition) is 2. The number of hydrogen-bond acceptors (Lipinski definition) is 5. The van der Waals surface area contributed by atoms with Crippen molar-refractivity contribution < 1.29 is 19.4 Å². The van der Waals surface area contributed by atoms with Gasteiger partial charge in [-0.15, -0.1) is 0 Å². The van der Waals surface area contributed by atoms with Crippen LogP contribution in [-0.4, -0.2) is 30.4 Å². The van der Waals surface area contributed by atoms with Crippen molar-refractivity contribution in [3.05, 3.63) is 49.9 Å². The molecule has 2 aromatic rings. The van der Waals surface area contributed by atoms with Gasteiger partial charge in [-0.3, -0.25) is 4.79 Å². The van der Waals surface area contributed by atoms with Crippen molar-refractivity contribution in [2.75, 3.05) is 13.2 Å². The van der Waals surface area contributed by atoms with Gasteiger partial charge in [0.2, 0.25) is 0 Å². The Labute approximate surface area is 175 Å². The number of rotatable bonds is 7. The Kier molecular flexibility index (Phi) is 7.86. The van der Waals surface area contributed by atoms with E-state index in [0.29, 0.717) is 17.4 Å². The third-order valence-electron chi connectivity index (χ3n) is 3.13. The smallest absolute Gasteiger partial charge is 0.277 e. The number of phenols is 1. The van der Waals surface area contributed by atoms with Gasteiger partial charge >= 0.3 is 0 Å². The van der Waals surface area contributed by atoms with E-state index in [-0.39, 0.29) is 38.7 Å². The number of phenolic OH excluding ortho intramolecular Hbond substituents is 1. The maximum absolute atomic E-state index is 11.8. The number of hydrazone groups is 1. The molecule has 0 spiro atoms. The van der Waals surface area contributed by atoms with E-state index >= 15 is 0 Å². The van der Waals surface area contributed by atoms with Crippen LogP contribution in [0, 0.1) is 0 Å². The summed E-state index contributed by atoms with van der Waals surface area (Å²) in [5, 5.41) is 14.9. The zero-order valence-corrected chi connectivity index (χ0v) is 17.0. The van der Waals surface area contributed by atoms with E-state index in [1.165, 1.54) is 12.1 Å². The van der Waals surface area contributed by atoms with Gasteiger partial charge in [-0.25, -0.2) is 5.43 Å². The third-order valence-corrected chi connectivity index (χ3v) is 4.46. The Bertz CT molecular complexity index is 874. The molecule has 2 aromatic carbocycles. The fourth-order valence-corrected chi connectivity index (χ4v) is 2.79. The lowest BCUT2D eigenvalue weighted by atomic mass is 10.2. The standard InChI is InChI=1S/C17H14Cl4N2O4/c1-2-26-14-6-12(20)16(21)10(17(14)25)7-22-23-15(24)8-27-13-4-3-9(18)5-11(13)19/h3-7,25H,2,8H2,1H3,(H,23,24)/b22-7-. The SMILES string of the molecule is CCOc1cc(Cl)c(Cl)c(/C=N\NC(=O)COc2ccc(Cl)cc2Cl)c1O. The molecule has 0 unspecified atom stereocenters. The van der Waals surface area contributed by atoms with Crippen LogP contribution in [0.4, 0.5) is 0 Å². The largest absolute Gasteiger partial charge is 0.504 e. The number of amides is 1. The normalized spacial score (nSPS) is 10.9. The van der Waals surface area contributed by atoms with Crippen molar-refractivity contribution in [2.24, 2.45) is 5.10 Å². The number of halogens is 4. The molecule has 0 radical (unpaired) electrons. The summed E-state index contributed by atoms with van der Waals surface area (Å²) in [5.74, 6) is -0.342. The zero-order valence-electron chi connectivity index (χ0n) is 13.9. The van der Waals surface area contributed by atoms with Crippen molar-refractivity contribution in [1.29, 1.82) is 0 Å². The minimum Gasteiger partial charge on any atom is -0.504 e. The van der Waals surface area contributed by atoms with Crippen LogP contribution >= 0.6 is 46.4 Å². The third kappa shape index (κ3) is 5.81. The van der Waals surface area contributed by atoms with E-state index in [1.807, 2.05) is 0 Å². The van der Waals surface area contributed by atoms with E-state index in [9.17, 15) is 9.90 Å². The van der Waals surface area contributed by atoms with E-state index in [1.54, 1.807) is 19.1 Å². The number of carbonyl (C=O) groups is 1. The summed E-state index contributed by atoms with van der Waals surface area (Å²) >= 11 is 23.8. The zero-order chi connectivity index (χ0) is 20.0. The molecule has 27 heavy (non-hydrogen) atoms. The van der Waals surface area contributed by atoms with Crippen LogP contribution in [0.15, 0.2) is 29.4 Å². The Morgan fingerprint density at radius 3 is 2.56 bits per heavy atom. The number of aromatic hydroxyl groups is 1. The molecule has 0 bridgehead atoms. The van der Waals surface area contributed by atoms with E-state index in [2.05, 4.69) is 10.5 Å². The fourth-order valence-electron chi connectivity index (χ4n) is 1.93. The molecule has 0 saturated carbocycles. The Hall–Kier alpha value is -1.86. The first-order valence-corrected chi connectivity index (χ1v) is 9.08. The number of benzene rings is 2. The molecule has 144 valence electrons. The molecular formula is C17H14Cl4N2O4. The van der Waals surface area contributed by atoms with E-state index < -0.39 is 5.91 Å². The molecule has 0 heterocycles. The lowest BCUT2D eigenvalue weighted by Gasteiger charge is -2.11. The summed E-state index contributed by atoms with van der Waals surface area (Å²) < 4.78 is 10.5. The minimum absolute atomic E-state index is 0.0693. The van der Waals surface area contributed by atoms with Crippen LogP contribution in [0.3, 0.4) is 0 Å². The number of ether oxygens (including phenoxy) is 2. The molecule has 2 rings (SSSR count). The first kappa shape index (κ1) is 21.4. The second kappa shape index (κ2) is 9.90. The van der Waals surface area contributed by atoms with Crippen molar-refractivity contribution in [1.82, 2.24) is 5.43 Å². The second-order valence-corrected chi connectivity index (χ2v) is 6.65. The highest BCUT2D eigenvalue weighted by molar-refractivity contribution is 6.44. The summed E-state index contributed by atoms with van der Waals surface area (Å²) in [6.07, 6.45) is 1.15. The lowest BCUT2D eigenvalue weighted by molar-refractivity contribution is -0.123. The maximum atomic E-state index is 11.8. The highest BCUT2D eigenvalue weighted by Gasteiger charge is 2.15. The summed E-state index contributed by atoms with van der Waals surface area (Å²) in [4.78, 5) is 11.8. The molecule has 0 aliphatic rings. The molecule has 10 heteroatoms. The van der Waals surface area contributed by atoms with Gasteiger partial charge in [0.05, 0.1) is 33.5 Å². The summed E-state index contributed by atoms with van der Waals surface area (Å²) in [6, 6.07) is 6.01. The highest BCUT2D eigenvalue weighted by Crippen LogP contribution is 2.39. The van der Waals surface area contributed by atoms with Crippen LogP contribution in [0.2, 0.25) is 20.1 Å². The quantitative estimate of drug-likeness (QED) is 0.461. The van der Waals surface area contributed by atoms with Gasteiger partial charge in [0.15, 0.2) is 18.1 Å². The Morgan fingerprint density at radius 1 is 1.15 bits per heavy atom. The van der Waals surface area contributed by atoms with Gasteiger partial charge in [0.1, 0.15) is 5.75 Å². The first-order valence-electron chi connectivity index (χ1n) is 7.57. The predicted molar refractivity (Wildman–Crippen MR) is 107 cm³/mol. The Morgan fingerprint density at radius 2 is 1.89 bits per heavy atom. The van der Waals surface area contributed by atoms with Gasteiger partial charge in [0, 0.05) is 11.1 Å². The summed E-state index contributed by atoms with van der Waals surface area (Å²) in [6.45, 7) is 1.74. The molecule has 2 N–H and O–H groups in total. The Balaban J connectivity index is 2.01. The monoisotopic (exact) mass is 450 g/mol. The summed E-state index contributed by atoms with van der Waals surface area (Å²) in [5.41, 5.74) is 2.35. The van der Waals surface area contributed by atoms with Gasteiger partial charge in [0.25, 0.3) is 5.91 Å². The van der Waals surface area contributed by atoms with Crippen LogP contribution in [0.5, 0.6) is 17.2 Å². The predicted octanol–water partition coefficient (Wildman–Crippen LogP) is 4.93. The number of carbonyl (C=O) groups excluding carboxylic acids is 1. The second-order valence-electron chi connectivity index (χ2n) is 5.02. The maximum Gasteiger partial charge on any atom is 0.277 e. The van der Waals surface area contributed by atoms with Crippen molar-refractivity contribution in [3.8, 4) is 17.2 Å².